The molecule has 0 spiro atoms. The minimum Gasteiger partial charge on any atom is -0.462 e. The molecule has 7 rings (SSSR count). The molecule has 2 N–H and O–H groups in total. The molecule has 4 aliphatic rings. The van der Waals surface area contributed by atoms with Crippen LogP contribution in [0.2, 0.25) is 0 Å². The number of halogens is 1. The fourth-order valence-electron chi connectivity index (χ4n) is 5.16. The maximum atomic E-state index is 12.9. The molecule has 4 atom stereocenters. The number of fused-ring (bicyclic) bond motifs is 2. The Balaban J connectivity index is 0.000000182. The summed E-state index contributed by atoms with van der Waals surface area (Å²) in [5.74, 6) is -0.0379. The van der Waals surface area contributed by atoms with E-state index in [1.165, 1.54) is 5.56 Å². The SMILES string of the molecule is C.ClCc1ccccc1.O=C1N[C@H]2COC(=O)[C@H]2N1.O=C1OC[C@H]2[C@@H]1N(Cc1ccccc1)C(=O)N2Cc1ccccc1. The number of nitrogens with zero attached hydrogens (tertiary/aromatic N) is 2. The third-order valence-corrected chi connectivity index (χ3v) is 7.59. The molecular formula is C32H35ClN4O6. The van der Waals surface area contributed by atoms with Gasteiger partial charge < -0.3 is 29.9 Å². The Labute approximate surface area is 255 Å². The molecule has 4 aliphatic heterocycles. The quantitative estimate of drug-likeness (QED) is 0.334. The first-order valence-electron chi connectivity index (χ1n) is 13.6. The predicted molar refractivity (Wildman–Crippen MR) is 161 cm³/mol. The van der Waals surface area contributed by atoms with Crippen LogP contribution in [-0.2, 0) is 38.0 Å². The van der Waals surface area contributed by atoms with E-state index in [-0.39, 0.29) is 50.1 Å². The highest BCUT2D eigenvalue weighted by Gasteiger charge is 2.54. The zero-order chi connectivity index (χ0) is 29.5. The molecule has 0 unspecified atom stereocenters. The van der Waals surface area contributed by atoms with Crippen molar-refractivity contribution in [2.75, 3.05) is 13.2 Å². The van der Waals surface area contributed by atoms with E-state index < -0.39 is 12.1 Å². The number of esters is 2. The Morgan fingerprint density at radius 2 is 1.19 bits per heavy atom. The Kier molecular flexibility index (Phi) is 10.6. The fourth-order valence-corrected chi connectivity index (χ4v) is 5.34. The summed E-state index contributed by atoms with van der Waals surface area (Å²) < 4.78 is 9.88. The summed E-state index contributed by atoms with van der Waals surface area (Å²) in [5.41, 5.74) is 3.23. The van der Waals surface area contributed by atoms with Crippen LogP contribution in [-0.4, -0.2) is 71.2 Å². The Morgan fingerprint density at radius 1 is 0.674 bits per heavy atom. The average molecular weight is 607 g/mol. The van der Waals surface area contributed by atoms with Crippen LogP contribution in [0.4, 0.5) is 9.59 Å². The molecule has 3 aromatic carbocycles. The van der Waals surface area contributed by atoms with Gasteiger partial charge in [0.15, 0.2) is 12.1 Å². The van der Waals surface area contributed by atoms with E-state index in [4.69, 9.17) is 16.3 Å². The van der Waals surface area contributed by atoms with Gasteiger partial charge in [0.05, 0.1) is 12.1 Å². The standard InChI is InChI=1S/C19H18N2O3.C7H7Cl.C5H6N2O3.CH4/c22-18-17-16(13-24-18)20(11-14-7-3-1-4-8-14)19(23)21(17)12-15-9-5-2-6-10-15;8-6-7-4-2-1-3-5-7;8-4-3-2(1-10-4)6-5(9)7-3;/h1-10,16-17H,11-13H2;1-5H,6H2;2-3H,1H2,(H2,6,7,9);1H4/t16-,17-;;2-,3-;/m0.0./s1. The molecule has 226 valence electrons. The third kappa shape index (κ3) is 7.45. The van der Waals surface area contributed by atoms with Gasteiger partial charge in [-0.25, -0.2) is 19.2 Å². The second-order valence-corrected chi connectivity index (χ2v) is 10.4. The van der Waals surface area contributed by atoms with Gasteiger partial charge in [0.1, 0.15) is 13.2 Å². The van der Waals surface area contributed by atoms with E-state index >= 15 is 0 Å². The number of amides is 4. The highest BCUT2D eigenvalue weighted by atomic mass is 35.5. The van der Waals surface area contributed by atoms with Gasteiger partial charge in [0, 0.05) is 19.0 Å². The number of alkyl halides is 1. The summed E-state index contributed by atoms with van der Waals surface area (Å²) in [6.07, 6.45) is 0. The maximum Gasteiger partial charge on any atom is 0.331 e. The molecule has 0 aromatic heterocycles. The zero-order valence-corrected chi connectivity index (χ0v) is 23.5. The highest BCUT2D eigenvalue weighted by molar-refractivity contribution is 6.17. The van der Waals surface area contributed by atoms with Crippen LogP contribution < -0.4 is 10.6 Å². The molecule has 4 saturated heterocycles. The molecule has 0 aliphatic carbocycles. The van der Waals surface area contributed by atoms with Crippen molar-refractivity contribution in [3.05, 3.63) is 108 Å². The maximum absolute atomic E-state index is 12.9. The summed E-state index contributed by atoms with van der Waals surface area (Å²) in [4.78, 5) is 49.8. The second-order valence-electron chi connectivity index (χ2n) is 10.1. The van der Waals surface area contributed by atoms with Gasteiger partial charge in [0.25, 0.3) is 0 Å². The molecule has 0 radical (unpaired) electrons. The first kappa shape index (κ1) is 31.4. The molecular weight excluding hydrogens is 572 g/mol. The minimum absolute atomic E-state index is 0. The van der Waals surface area contributed by atoms with Crippen LogP contribution in [0.3, 0.4) is 0 Å². The average Bonchev–Trinajstić information content (AvgIpc) is 3.75. The number of urea groups is 2. The Bertz CT molecular complexity index is 1390. The van der Waals surface area contributed by atoms with Crippen molar-refractivity contribution < 1.29 is 28.7 Å². The molecule has 11 heteroatoms. The predicted octanol–water partition coefficient (Wildman–Crippen LogP) is 4.07. The molecule has 3 aromatic rings. The molecule has 0 bridgehead atoms. The summed E-state index contributed by atoms with van der Waals surface area (Å²) >= 11 is 5.53. The van der Waals surface area contributed by atoms with E-state index in [1.807, 2.05) is 91.0 Å². The molecule has 4 heterocycles. The summed E-state index contributed by atoms with van der Waals surface area (Å²) in [6.45, 7) is 1.47. The Hall–Kier alpha value is -4.57. The number of ether oxygens (including phenoxy) is 2. The second kappa shape index (κ2) is 14.6. The minimum atomic E-state index is -0.513. The van der Waals surface area contributed by atoms with E-state index in [0.717, 1.165) is 11.1 Å². The molecule has 4 fully saturated rings. The number of carbonyl (C=O) groups excluding carboxylic acids is 4. The lowest BCUT2D eigenvalue weighted by molar-refractivity contribution is -0.141. The van der Waals surface area contributed by atoms with Crippen molar-refractivity contribution in [1.82, 2.24) is 20.4 Å². The van der Waals surface area contributed by atoms with Crippen molar-refractivity contribution in [2.45, 2.75) is 50.6 Å². The van der Waals surface area contributed by atoms with Crippen LogP contribution in [0, 0.1) is 0 Å². The van der Waals surface area contributed by atoms with Crippen LogP contribution in [0.15, 0.2) is 91.0 Å². The monoisotopic (exact) mass is 606 g/mol. The lowest BCUT2D eigenvalue weighted by Crippen LogP contribution is -2.38. The van der Waals surface area contributed by atoms with Gasteiger partial charge in [-0.2, -0.15) is 0 Å². The van der Waals surface area contributed by atoms with E-state index in [1.54, 1.807) is 9.80 Å². The number of hydrogen-bond acceptors (Lipinski definition) is 6. The number of cyclic esters (lactones) is 2. The molecule has 0 saturated carbocycles. The van der Waals surface area contributed by atoms with Gasteiger partial charge in [-0.3, -0.25) is 0 Å². The number of nitrogens with one attached hydrogen (secondary N) is 2. The van der Waals surface area contributed by atoms with E-state index in [0.29, 0.717) is 25.6 Å². The van der Waals surface area contributed by atoms with Gasteiger partial charge in [-0.05, 0) is 16.7 Å². The van der Waals surface area contributed by atoms with Crippen molar-refractivity contribution in [2.24, 2.45) is 0 Å². The third-order valence-electron chi connectivity index (χ3n) is 7.28. The number of hydrogen-bond donors (Lipinski definition) is 2. The van der Waals surface area contributed by atoms with Gasteiger partial charge in [0.2, 0.25) is 0 Å². The summed E-state index contributed by atoms with van der Waals surface area (Å²) in [7, 11) is 0. The van der Waals surface area contributed by atoms with Crippen molar-refractivity contribution in [3.8, 4) is 0 Å². The highest BCUT2D eigenvalue weighted by Crippen LogP contribution is 2.31. The zero-order valence-electron chi connectivity index (χ0n) is 22.7. The van der Waals surface area contributed by atoms with Crippen LogP contribution >= 0.6 is 11.6 Å². The van der Waals surface area contributed by atoms with Crippen molar-refractivity contribution >= 4 is 35.6 Å². The van der Waals surface area contributed by atoms with E-state index in [2.05, 4.69) is 15.4 Å². The smallest absolute Gasteiger partial charge is 0.331 e. The first-order valence-corrected chi connectivity index (χ1v) is 14.1. The normalized spacial score (nSPS) is 22.8. The summed E-state index contributed by atoms with van der Waals surface area (Å²) in [6, 6.07) is 27.8. The van der Waals surface area contributed by atoms with Crippen molar-refractivity contribution in [1.29, 1.82) is 0 Å². The number of rotatable bonds is 5. The number of benzene rings is 3. The summed E-state index contributed by atoms with van der Waals surface area (Å²) in [5, 5.41) is 4.99. The first-order chi connectivity index (χ1) is 20.4. The van der Waals surface area contributed by atoms with Gasteiger partial charge in [-0.1, -0.05) is 98.4 Å². The topological polar surface area (TPSA) is 117 Å². The van der Waals surface area contributed by atoms with Crippen molar-refractivity contribution in [3.63, 3.8) is 0 Å². The Morgan fingerprint density at radius 3 is 1.70 bits per heavy atom. The number of carbonyl (C=O) groups is 4. The largest absolute Gasteiger partial charge is 0.462 e. The fraction of sp³-hybridized carbons (Fsp3) is 0.312. The van der Waals surface area contributed by atoms with Gasteiger partial charge >= 0.3 is 24.0 Å². The van der Waals surface area contributed by atoms with Crippen LogP contribution in [0.5, 0.6) is 0 Å². The molecule has 10 nitrogen and oxygen atoms in total. The van der Waals surface area contributed by atoms with Gasteiger partial charge in [-0.15, -0.1) is 11.6 Å². The molecule has 4 amide bonds. The van der Waals surface area contributed by atoms with Crippen LogP contribution in [0.1, 0.15) is 24.1 Å². The lowest BCUT2D eigenvalue weighted by Gasteiger charge is -2.22. The lowest BCUT2D eigenvalue weighted by atomic mass is 10.1. The molecule has 43 heavy (non-hydrogen) atoms. The van der Waals surface area contributed by atoms with E-state index in [9.17, 15) is 19.2 Å². The van der Waals surface area contributed by atoms with Crippen LogP contribution in [0.25, 0.3) is 0 Å².